The van der Waals surface area contributed by atoms with Gasteiger partial charge in [0, 0.05) is 54.7 Å². The summed E-state index contributed by atoms with van der Waals surface area (Å²) in [5.41, 5.74) is 17.9. The molecule has 0 bridgehead atoms. The number of benzene rings is 9. The summed E-state index contributed by atoms with van der Waals surface area (Å²) in [6.07, 6.45) is 0. The van der Waals surface area contributed by atoms with E-state index in [1.807, 2.05) is 0 Å². The minimum atomic E-state index is -0.128. The second-order valence-electron chi connectivity index (χ2n) is 17.1. The van der Waals surface area contributed by atoms with Crippen molar-refractivity contribution in [3.63, 3.8) is 0 Å². The van der Waals surface area contributed by atoms with Crippen molar-refractivity contribution >= 4 is 65.3 Å². The first kappa shape index (κ1) is 34.1. The summed E-state index contributed by atoms with van der Waals surface area (Å²) in [5, 5.41) is 8.56. The van der Waals surface area contributed by atoms with Gasteiger partial charge in [-0.15, -0.1) is 0 Å². The summed E-state index contributed by atoms with van der Waals surface area (Å²) in [5.74, 6) is 0. The van der Waals surface area contributed by atoms with Crippen molar-refractivity contribution in [1.82, 2.24) is 14.1 Å². The fraction of sp³-hybridized carbons (Fsp3) is 0.0517. The van der Waals surface area contributed by atoms with Crippen LogP contribution in [0, 0.1) is 0 Å². The number of fused-ring (bicyclic) bond motifs is 12. The molecular formula is C58H39N3. The van der Waals surface area contributed by atoms with E-state index in [9.17, 15) is 0 Å². The zero-order valence-corrected chi connectivity index (χ0v) is 33.9. The van der Waals surface area contributed by atoms with Gasteiger partial charge in [-0.05, 0) is 112 Å². The van der Waals surface area contributed by atoms with E-state index in [0.29, 0.717) is 0 Å². The lowest BCUT2D eigenvalue weighted by atomic mass is 9.82. The van der Waals surface area contributed by atoms with Gasteiger partial charge in [-0.1, -0.05) is 141 Å². The van der Waals surface area contributed by atoms with Gasteiger partial charge in [-0.25, -0.2) is 4.98 Å². The number of hydrogen-bond acceptors (Lipinski definition) is 1. The monoisotopic (exact) mass is 777 g/mol. The Labute approximate surface area is 353 Å². The number of rotatable bonds is 4. The van der Waals surface area contributed by atoms with Crippen molar-refractivity contribution in [2.24, 2.45) is 0 Å². The third kappa shape index (κ3) is 4.89. The molecule has 0 unspecified atom stereocenters. The normalized spacial score (nSPS) is 13.2. The summed E-state index contributed by atoms with van der Waals surface area (Å²) in [4.78, 5) is 5.30. The maximum absolute atomic E-state index is 5.30. The smallest absolute Gasteiger partial charge is 0.0788 e. The third-order valence-electron chi connectivity index (χ3n) is 13.5. The van der Waals surface area contributed by atoms with Crippen LogP contribution >= 0.6 is 0 Å². The van der Waals surface area contributed by atoms with E-state index in [1.165, 1.54) is 93.5 Å². The molecule has 13 rings (SSSR count). The largest absolute Gasteiger partial charge is 0.309 e. The minimum absolute atomic E-state index is 0.128. The van der Waals surface area contributed by atoms with Crippen molar-refractivity contribution in [1.29, 1.82) is 0 Å². The Bertz CT molecular complexity index is 3790. The van der Waals surface area contributed by atoms with Crippen molar-refractivity contribution in [3.05, 3.63) is 211 Å². The van der Waals surface area contributed by atoms with Crippen molar-refractivity contribution in [3.8, 4) is 44.9 Å². The third-order valence-corrected chi connectivity index (χ3v) is 13.5. The Morgan fingerprint density at radius 2 is 0.934 bits per heavy atom. The molecule has 3 nitrogen and oxygen atoms in total. The molecule has 12 aromatic rings. The van der Waals surface area contributed by atoms with Gasteiger partial charge < -0.3 is 9.13 Å². The van der Waals surface area contributed by atoms with Crippen LogP contribution in [0.5, 0.6) is 0 Å². The van der Waals surface area contributed by atoms with Gasteiger partial charge in [0.2, 0.25) is 0 Å². The quantitative estimate of drug-likeness (QED) is 0.163. The minimum Gasteiger partial charge on any atom is -0.309 e. The highest BCUT2D eigenvalue weighted by Gasteiger charge is 2.36. The van der Waals surface area contributed by atoms with Crippen LogP contribution in [0.25, 0.3) is 110 Å². The van der Waals surface area contributed by atoms with Crippen molar-refractivity contribution in [2.75, 3.05) is 0 Å². The molecule has 9 aromatic carbocycles. The van der Waals surface area contributed by atoms with E-state index >= 15 is 0 Å². The summed E-state index contributed by atoms with van der Waals surface area (Å²) < 4.78 is 4.87. The average Bonchev–Trinajstić information content (AvgIpc) is 3.90. The van der Waals surface area contributed by atoms with E-state index < -0.39 is 0 Å². The first-order chi connectivity index (χ1) is 30.0. The topological polar surface area (TPSA) is 22.8 Å². The number of para-hydroxylation sites is 3. The zero-order valence-electron chi connectivity index (χ0n) is 33.9. The molecule has 0 amide bonds. The molecule has 0 atom stereocenters. The van der Waals surface area contributed by atoms with Crippen LogP contribution in [0.15, 0.2) is 200 Å². The van der Waals surface area contributed by atoms with Gasteiger partial charge in [0.15, 0.2) is 0 Å². The maximum atomic E-state index is 5.30. The van der Waals surface area contributed by atoms with Crippen LogP contribution in [0.2, 0.25) is 0 Å². The van der Waals surface area contributed by atoms with Crippen LogP contribution in [-0.4, -0.2) is 14.1 Å². The van der Waals surface area contributed by atoms with Crippen LogP contribution in [0.4, 0.5) is 0 Å². The lowest BCUT2D eigenvalue weighted by Crippen LogP contribution is -2.14. The van der Waals surface area contributed by atoms with Crippen LogP contribution < -0.4 is 0 Å². The van der Waals surface area contributed by atoms with Gasteiger partial charge in [0.1, 0.15) is 0 Å². The second-order valence-corrected chi connectivity index (χ2v) is 17.1. The molecule has 0 radical (unpaired) electrons. The summed E-state index contributed by atoms with van der Waals surface area (Å²) in [7, 11) is 0. The molecule has 3 aromatic heterocycles. The Balaban J connectivity index is 1.05. The van der Waals surface area contributed by atoms with Gasteiger partial charge >= 0.3 is 0 Å². The molecule has 0 N–H and O–H groups in total. The fourth-order valence-corrected chi connectivity index (χ4v) is 10.6. The van der Waals surface area contributed by atoms with Gasteiger partial charge in [-0.3, -0.25) is 0 Å². The zero-order chi connectivity index (χ0) is 40.4. The Hall–Kier alpha value is -7.75. The molecule has 286 valence electrons. The average molecular weight is 778 g/mol. The van der Waals surface area contributed by atoms with Crippen molar-refractivity contribution in [2.45, 2.75) is 19.3 Å². The molecule has 3 heteroatoms. The molecule has 3 heterocycles. The molecular weight excluding hydrogens is 739 g/mol. The first-order valence-electron chi connectivity index (χ1n) is 21.2. The van der Waals surface area contributed by atoms with Gasteiger partial charge in [0.25, 0.3) is 0 Å². The molecule has 0 saturated heterocycles. The highest BCUT2D eigenvalue weighted by molar-refractivity contribution is 6.15. The molecule has 0 fully saturated rings. The Morgan fingerprint density at radius 1 is 0.344 bits per heavy atom. The van der Waals surface area contributed by atoms with E-state index in [4.69, 9.17) is 4.98 Å². The van der Waals surface area contributed by atoms with Crippen LogP contribution in [0.1, 0.15) is 25.0 Å². The predicted molar refractivity (Wildman–Crippen MR) is 256 cm³/mol. The van der Waals surface area contributed by atoms with E-state index in [-0.39, 0.29) is 5.41 Å². The summed E-state index contributed by atoms with van der Waals surface area (Å²) in [6.45, 7) is 4.74. The SMILES string of the molecule is CC1(C)c2ccccc2-c2cc3c4cc(-c5ccc6c(c5)c5ccccc5n6-c5ccccc5)ccc4n(-c4cccc(-c5nc6ccccc6c6ccccc56)c4)c3cc21. The summed E-state index contributed by atoms with van der Waals surface area (Å²) >= 11 is 0. The van der Waals surface area contributed by atoms with E-state index in [0.717, 1.165) is 27.8 Å². The lowest BCUT2D eigenvalue weighted by molar-refractivity contribution is 0.661. The summed E-state index contributed by atoms with van der Waals surface area (Å²) in [6, 6.07) is 73.6. The lowest BCUT2D eigenvalue weighted by Gasteiger charge is -2.21. The molecule has 61 heavy (non-hydrogen) atoms. The molecule has 0 spiro atoms. The highest BCUT2D eigenvalue weighted by Crippen LogP contribution is 2.51. The standard InChI is InChI=1S/C58H39N3/c1-58(2)50-24-11-8-20-42(50)46-34-49-48-33-37(36-27-29-54-47(32-36)44-22-10-13-26-53(44)60(54)39-16-4-3-5-17-39)28-30-55(48)61(56(49)35-51(46)58)40-18-14-15-38(31-40)57-45-23-7-6-19-41(45)43-21-9-12-25-52(43)59-57/h3-35H,1-2H3. The molecule has 0 aliphatic heterocycles. The second kappa shape index (κ2) is 12.6. The van der Waals surface area contributed by atoms with E-state index in [2.05, 4.69) is 223 Å². The fourth-order valence-electron chi connectivity index (χ4n) is 10.6. The van der Waals surface area contributed by atoms with Crippen LogP contribution in [0.3, 0.4) is 0 Å². The molecule has 1 aliphatic rings. The number of aromatic nitrogens is 3. The molecule has 0 saturated carbocycles. The highest BCUT2D eigenvalue weighted by atomic mass is 15.0. The van der Waals surface area contributed by atoms with Crippen molar-refractivity contribution < 1.29 is 0 Å². The predicted octanol–water partition coefficient (Wildman–Crippen LogP) is 15.2. The van der Waals surface area contributed by atoms with E-state index in [1.54, 1.807) is 0 Å². The Morgan fingerprint density at radius 3 is 1.74 bits per heavy atom. The van der Waals surface area contributed by atoms with Gasteiger partial charge in [0.05, 0.1) is 33.3 Å². The number of pyridine rings is 1. The molecule has 1 aliphatic carbocycles. The Kier molecular flexibility index (Phi) is 7.07. The maximum Gasteiger partial charge on any atom is 0.0788 e. The number of hydrogen-bond donors (Lipinski definition) is 0. The van der Waals surface area contributed by atoms with Gasteiger partial charge in [-0.2, -0.15) is 0 Å². The van der Waals surface area contributed by atoms with Crippen LogP contribution in [-0.2, 0) is 5.41 Å². The number of nitrogens with zero attached hydrogens (tertiary/aromatic N) is 3. The first-order valence-corrected chi connectivity index (χ1v) is 21.2.